The van der Waals surface area contributed by atoms with Crippen LogP contribution in [0.4, 0.5) is 8.78 Å². The summed E-state index contributed by atoms with van der Waals surface area (Å²) in [5, 5.41) is 0.0896. The van der Waals surface area contributed by atoms with Gasteiger partial charge in [-0.2, -0.15) is 0 Å². The van der Waals surface area contributed by atoms with Crippen LogP contribution in [-0.4, -0.2) is 37.1 Å². The Morgan fingerprint density at radius 2 is 1.56 bits per heavy atom. The van der Waals surface area contributed by atoms with Gasteiger partial charge in [-0.15, -0.1) is 0 Å². The molecule has 1 fully saturated rings. The Kier molecular flexibility index (Phi) is 5.23. The van der Waals surface area contributed by atoms with Gasteiger partial charge in [0.1, 0.15) is 11.6 Å². The van der Waals surface area contributed by atoms with Gasteiger partial charge in [0.15, 0.2) is 11.5 Å². The number of nitrogens with zero attached hydrogens (tertiary/aromatic N) is 1. The lowest BCUT2D eigenvalue weighted by Gasteiger charge is -2.29. The minimum absolute atomic E-state index is 0.0896. The molecule has 5 rings (SSSR count). The summed E-state index contributed by atoms with van der Waals surface area (Å²) < 4.78 is 45.1. The zero-order valence-corrected chi connectivity index (χ0v) is 17.6. The number of carbonyl (C=O) groups is 1. The average molecular weight is 458 g/mol. The molecule has 164 valence electrons. The van der Waals surface area contributed by atoms with Crippen LogP contribution in [0.5, 0.6) is 11.5 Å². The summed E-state index contributed by atoms with van der Waals surface area (Å²) >= 11 is 6.36. The molecular weight excluding hydrogens is 440 g/mol. The Hall–Kier alpha value is -3.16. The summed E-state index contributed by atoms with van der Waals surface area (Å²) in [6, 6.07) is 14.4. The molecule has 0 saturated carbocycles. The molecule has 0 spiro atoms. The van der Waals surface area contributed by atoms with Crippen molar-refractivity contribution < 1.29 is 27.8 Å². The maximum absolute atomic E-state index is 13.7. The van der Waals surface area contributed by atoms with E-state index in [0.29, 0.717) is 54.5 Å². The monoisotopic (exact) mass is 457 g/mol. The Morgan fingerprint density at radius 1 is 0.875 bits per heavy atom. The van der Waals surface area contributed by atoms with Crippen LogP contribution < -0.4 is 9.47 Å². The minimum Gasteiger partial charge on any atom is -0.440 e. The topological polar surface area (TPSA) is 48.0 Å². The van der Waals surface area contributed by atoms with Crippen molar-refractivity contribution in [2.24, 2.45) is 0 Å². The van der Waals surface area contributed by atoms with E-state index in [9.17, 15) is 13.6 Å². The van der Waals surface area contributed by atoms with Gasteiger partial charge in [0, 0.05) is 24.2 Å². The summed E-state index contributed by atoms with van der Waals surface area (Å²) in [5.74, 6) is -1.94. The SMILES string of the molecule is O=C(c1ccc2c(c1)OC(c1ccc(F)cc1)(c1ccc(F)cc1Cl)O2)N1CCOCC1. The van der Waals surface area contributed by atoms with E-state index in [4.69, 9.17) is 25.8 Å². The lowest BCUT2D eigenvalue weighted by atomic mass is 9.97. The Bertz CT molecular complexity index is 1180. The highest BCUT2D eigenvalue weighted by atomic mass is 35.5. The number of halogens is 3. The molecule has 0 aliphatic carbocycles. The third-order valence-electron chi connectivity index (χ3n) is 5.51. The van der Waals surface area contributed by atoms with Crippen LogP contribution in [0.25, 0.3) is 0 Å². The van der Waals surface area contributed by atoms with E-state index in [0.717, 1.165) is 6.07 Å². The van der Waals surface area contributed by atoms with Crippen LogP contribution in [0.2, 0.25) is 5.02 Å². The van der Waals surface area contributed by atoms with Crippen LogP contribution in [0, 0.1) is 11.6 Å². The zero-order valence-electron chi connectivity index (χ0n) is 16.8. The second kappa shape index (κ2) is 8.07. The highest BCUT2D eigenvalue weighted by Crippen LogP contribution is 2.49. The van der Waals surface area contributed by atoms with Gasteiger partial charge in [-0.25, -0.2) is 8.78 Å². The normalized spacial score (nSPS) is 19.8. The van der Waals surface area contributed by atoms with Crippen LogP contribution in [0.1, 0.15) is 21.5 Å². The van der Waals surface area contributed by atoms with Crippen molar-refractivity contribution in [1.29, 1.82) is 0 Å². The number of ether oxygens (including phenoxy) is 3. The first kappa shape index (κ1) is 20.7. The van der Waals surface area contributed by atoms with E-state index in [-0.39, 0.29) is 10.9 Å². The van der Waals surface area contributed by atoms with Gasteiger partial charge in [0.25, 0.3) is 5.91 Å². The number of carbonyl (C=O) groups excluding carboxylic acids is 1. The summed E-state index contributed by atoms with van der Waals surface area (Å²) in [6.45, 7) is 2.01. The van der Waals surface area contributed by atoms with Crippen molar-refractivity contribution >= 4 is 17.5 Å². The quantitative estimate of drug-likeness (QED) is 0.569. The van der Waals surface area contributed by atoms with Crippen LogP contribution >= 0.6 is 11.6 Å². The fourth-order valence-corrected chi connectivity index (χ4v) is 4.19. The lowest BCUT2D eigenvalue weighted by Crippen LogP contribution is -2.40. The number of hydrogen-bond acceptors (Lipinski definition) is 4. The van der Waals surface area contributed by atoms with Crippen LogP contribution in [0.3, 0.4) is 0 Å². The third kappa shape index (κ3) is 3.57. The maximum atomic E-state index is 13.7. The molecule has 3 aromatic carbocycles. The second-order valence-corrected chi connectivity index (χ2v) is 7.93. The molecule has 1 unspecified atom stereocenters. The number of morpholine rings is 1. The number of amides is 1. The van der Waals surface area contributed by atoms with Crippen molar-refractivity contribution in [1.82, 2.24) is 4.90 Å². The largest absolute Gasteiger partial charge is 0.440 e. The molecule has 0 N–H and O–H groups in total. The van der Waals surface area contributed by atoms with Gasteiger partial charge >= 0.3 is 5.79 Å². The number of rotatable bonds is 3. The van der Waals surface area contributed by atoms with Crippen molar-refractivity contribution in [2.75, 3.05) is 26.3 Å². The molecule has 3 aromatic rings. The minimum atomic E-state index is -1.57. The number of hydrogen-bond donors (Lipinski definition) is 0. The van der Waals surface area contributed by atoms with Gasteiger partial charge in [-0.3, -0.25) is 4.79 Å². The first-order valence-corrected chi connectivity index (χ1v) is 10.4. The number of benzene rings is 3. The predicted molar refractivity (Wildman–Crippen MR) is 113 cm³/mol. The molecule has 0 radical (unpaired) electrons. The lowest BCUT2D eigenvalue weighted by molar-refractivity contribution is -0.0459. The Labute approximate surface area is 188 Å². The molecule has 2 heterocycles. The molecule has 1 atom stereocenters. The van der Waals surface area contributed by atoms with Gasteiger partial charge in [0.2, 0.25) is 0 Å². The van der Waals surface area contributed by atoms with E-state index < -0.39 is 17.4 Å². The van der Waals surface area contributed by atoms with E-state index >= 15 is 0 Å². The van der Waals surface area contributed by atoms with Crippen molar-refractivity contribution in [3.8, 4) is 11.5 Å². The first-order chi connectivity index (χ1) is 15.5. The Balaban J connectivity index is 1.56. The van der Waals surface area contributed by atoms with Crippen LogP contribution in [0.15, 0.2) is 60.7 Å². The highest BCUT2D eigenvalue weighted by Gasteiger charge is 2.47. The van der Waals surface area contributed by atoms with Crippen molar-refractivity contribution in [2.45, 2.75) is 5.79 Å². The molecule has 1 amide bonds. The Morgan fingerprint density at radius 3 is 2.28 bits per heavy atom. The fourth-order valence-electron chi connectivity index (χ4n) is 3.89. The molecular formula is C24H18ClF2NO4. The third-order valence-corrected chi connectivity index (χ3v) is 5.82. The second-order valence-electron chi connectivity index (χ2n) is 7.52. The van der Waals surface area contributed by atoms with Crippen molar-refractivity contribution in [3.05, 3.63) is 94.0 Å². The maximum Gasteiger partial charge on any atom is 0.307 e. The standard InChI is InChI=1S/C24H18ClF2NO4/c25-20-14-18(27)6-7-19(20)24(16-2-4-17(26)5-3-16)31-21-8-1-15(13-22(21)32-24)23(29)28-9-11-30-12-10-28/h1-8,13-14H,9-12H2. The molecule has 5 nitrogen and oxygen atoms in total. The van der Waals surface area contributed by atoms with Crippen molar-refractivity contribution in [3.63, 3.8) is 0 Å². The molecule has 0 aromatic heterocycles. The summed E-state index contributed by atoms with van der Waals surface area (Å²) in [5.41, 5.74) is 1.25. The first-order valence-electron chi connectivity index (χ1n) is 10.1. The molecule has 2 aliphatic heterocycles. The summed E-state index contributed by atoms with van der Waals surface area (Å²) in [7, 11) is 0. The van der Waals surface area contributed by atoms with Crippen LogP contribution in [-0.2, 0) is 10.5 Å². The average Bonchev–Trinajstić information content (AvgIpc) is 3.19. The van der Waals surface area contributed by atoms with Gasteiger partial charge < -0.3 is 19.1 Å². The predicted octanol–water partition coefficient (Wildman–Crippen LogP) is 4.76. The van der Waals surface area contributed by atoms with Gasteiger partial charge in [-0.05, 0) is 60.7 Å². The summed E-state index contributed by atoms with van der Waals surface area (Å²) in [6.07, 6.45) is 0. The number of fused-ring (bicyclic) bond motifs is 1. The summed E-state index contributed by atoms with van der Waals surface area (Å²) in [4.78, 5) is 14.6. The zero-order chi connectivity index (χ0) is 22.3. The molecule has 8 heteroatoms. The highest BCUT2D eigenvalue weighted by molar-refractivity contribution is 6.31. The molecule has 32 heavy (non-hydrogen) atoms. The fraction of sp³-hybridized carbons (Fsp3) is 0.208. The van der Waals surface area contributed by atoms with Gasteiger partial charge in [0.05, 0.1) is 23.8 Å². The van der Waals surface area contributed by atoms with E-state index in [1.165, 1.54) is 36.4 Å². The molecule has 0 bridgehead atoms. The smallest absolute Gasteiger partial charge is 0.307 e. The van der Waals surface area contributed by atoms with E-state index in [2.05, 4.69) is 0 Å². The van der Waals surface area contributed by atoms with E-state index in [1.807, 2.05) is 0 Å². The van der Waals surface area contributed by atoms with Gasteiger partial charge in [-0.1, -0.05) is 11.6 Å². The van der Waals surface area contributed by atoms with E-state index in [1.54, 1.807) is 23.1 Å². The molecule has 2 aliphatic rings. The molecule has 1 saturated heterocycles.